The Kier molecular flexibility index (Phi) is 4.58. The zero-order valence-corrected chi connectivity index (χ0v) is 8.26. The molecule has 0 saturated heterocycles. The smallest absolute Gasteiger partial charge is 0.0721 e. The fourth-order valence-electron chi connectivity index (χ4n) is 1.06. The monoisotopic (exact) mass is 196 g/mol. The van der Waals surface area contributed by atoms with E-state index in [-0.39, 0.29) is 0 Å². The second kappa shape index (κ2) is 5.79. The lowest BCUT2D eigenvalue weighted by molar-refractivity contribution is 0.149. The SMILES string of the molecule is C=CCOCc1cccc(CCl)c1. The number of alkyl halides is 1. The van der Waals surface area contributed by atoms with Gasteiger partial charge < -0.3 is 4.74 Å². The van der Waals surface area contributed by atoms with Gasteiger partial charge in [0, 0.05) is 5.88 Å². The van der Waals surface area contributed by atoms with E-state index >= 15 is 0 Å². The minimum Gasteiger partial charge on any atom is -0.373 e. The lowest BCUT2D eigenvalue weighted by Gasteiger charge is -2.02. The highest BCUT2D eigenvalue weighted by Gasteiger charge is 1.94. The summed E-state index contributed by atoms with van der Waals surface area (Å²) in [6.45, 7) is 4.79. The summed E-state index contributed by atoms with van der Waals surface area (Å²) in [6.07, 6.45) is 1.74. The van der Waals surface area contributed by atoms with E-state index < -0.39 is 0 Å². The van der Waals surface area contributed by atoms with Crippen molar-refractivity contribution in [1.82, 2.24) is 0 Å². The summed E-state index contributed by atoms with van der Waals surface area (Å²) in [6, 6.07) is 8.07. The van der Waals surface area contributed by atoms with Crippen LogP contribution in [0.1, 0.15) is 11.1 Å². The van der Waals surface area contributed by atoms with Crippen molar-refractivity contribution in [2.75, 3.05) is 6.61 Å². The highest BCUT2D eigenvalue weighted by Crippen LogP contribution is 2.08. The zero-order valence-electron chi connectivity index (χ0n) is 7.50. The molecular weight excluding hydrogens is 184 g/mol. The van der Waals surface area contributed by atoms with Crippen LogP contribution in [0, 0.1) is 0 Å². The zero-order chi connectivity index (χ0) is 9.52. The maximum Gasteiger partial charge on any atom is 0.0721 e. The van der Waals surface area contributed by atoms with Gasteiger partial charge in [-0.3, -0.25) is 0 Å². The molecule has 0 aliphatic heterocycles. The molecule has 0 fully saturated rings. The van der Waals surface area contributed by atoms with Crippen molar-refractivity contribution in [1.29, 1.82) is 0 Å². The van der Waals surface area contributed by atoms with Crippen LogP contribution in [-0.2, 0) is 17.2 Å². The number of halogens is 1. The molecular formula is C11H13ClO. The lowest BCUT2D eigenvalue weighted by Crippen LogP contribution is -1.93. The van der Waals surface area contributed by atoms with Crippen LogP contribution in [0.5, 0.6) is 0 Å². The van der Waals surface area contributed by atoms with Gasteiger partial charge in [-0.25, -0.2) is 0 Å². The van der Waals surface area contributed by atoms with Crippen molar-refractivity contribution >= 4 is 11.6 Å². The fraction of sp³-hybridized carbons (Fsp3) is 0.273. The number of benzene rings is 1. The lowest BCUT2D eigenvalue weighted by atomic mass is 10.1. The van der Waals surface area contributed by atoms with E-state index in [4.69, 9.17) is 16.3 Å². The first kappa shape index (κ1) is 10.3. The summed E-state index contributed by atoms with van der Waals surface area (Å²) < 4.78 is 5.31. The Morgan fingerprint density at radius 3 is 2.85 bits per heavy atom. The Morgan fingerprint density at radius 1 is 1.38 bits per heavy atom. The van der Waals surface area contributed by atoms with Crippen molar-refractivity contribution in [3.63, 3.8) is 0 Å². The van der Waals surface area contributed by atoms with Gasteiger partial charge in [0.2, 0.25) is 0 Å². The van der Waals surface area contributed by atoms with E-state index in [1.165, 1.54) is 0 Å². The average Bonchev–Trinajstić information content (AvgIpc) is 2.19. The molecule has 0 saturated carbocycles. The summed E-state index contributed by atoms with van der Waals surface area (Å²) in [5.41, 5.74) is 2.28. The van der Waals surface area contributed by atoms with Gasteiger partial charge in [-0.05, 0) is 11.1 Å². The molecule has 70 valence electrons. The summed E-state index contributed by atoms with van der Waals surface area (Å²) in [7, 11) is 0. The molecule has 1 aromatic carbocycles. The Hall–Kier alpha value is -0.790. The van der Waals surface area contributed by atoms with Crippen molar-refractivity contribution in [3.8, 4) is 0 Å². The molecule has 2 heteroatoms. The predicted octanol–water partition coefficient (Wildman–Crippen LogP) is 3.13. The average molecular weight is 197 g/mol. The summed E-state index contributed by atoms with van der Waals surface area (Å²) in [5, 5.41) is 0. The Morgan fingerprint density at radius 2 is 2.15 bits per heavy atom. The van der Waals surface area contributed by atoms with Crippen molar-refractivity contribution in [2.45, 2.75) is 12.5 Å². The molecule has 1 nitrogen and oxygen atoms in total. The van der Waals surface area contributed by atoms with Crippen molar-refractivity contribution in [3.05, 3.63) is 48.0 Å². The van der Waals surface area contributed by atoms with E-state index in [1.54, 1.807) is 6.08 Å². The second-order valence-corrected chi connectivity index (χ2v) is 3.02. The van der Waals surface area contributed by atoms with Gasteiger partial charge in [0.15, 0.2) is 0 Å². The van der Waals surface area contributed by atoms with E-state index in [2.05, 4.69) is 12.6 Å². The van der Waals surface area contributed by atoms with Crippen LogP contribution >= 0.6 is 11.6 Å². The number of ether oxygens (including phenoxy) is 1. The third-order valence-electron chi connectivity index (χ3n) is 1.65. The van der Waals surface area contributed by atoms with Crippen LogP contribution in [0.2, 0.25) is 0 Å². The molecule has 0 heterocycles. The van der Waals surface area contributed by atoms with Crippen LogP contribution in [0.4, 0.5) is 0 Å². The largest absolute Gasteiger partial charge is 0.373 e. The van der Waals surface area contributed by atoms with Gasteiger partial charge in [-0.1, -0.05) is 30.3 Å². The highest BCUT2D eigenvalue weighted by atomic mass is 35.5. The van der Waals surface area contributed by atoms with E-state index in [9.17, 15) is 0 Å². The Labute approximate surface area is 84.0 Å². The van der Waals surface area contributed by atoms with E-state index in [0.29, 0.717) is 19.1 Å². The molecule has 0 radical (unpaired) electrons. The molecule has 0 N–H and O–H groups in total. The first-order valence-corrected chi connectivity index (χ1v) is 4.72. The third kappa shape index (κ3) is 3.62. The van der Waals surface area contributed by atoms with E-state index in [0.717, 1.165) is 11.1 Å². The maximum atomic E-state index is 5.70. The van der Waals surface area contributed by atoms with Crippen molar-refractivity contribution in [2.24, 2.45) is 0 Å². The van der Waals surface area contributed by atoms with Gasteiger partial charge in [0.05, 0.1) is 13.2 Å². The van der Waals surface area contributed by atoms with E-state index in [1.807, 2.05) is 18.2 Å². The standard InChI is InChI=1S/C11H13ClO/c1-2-6-13-9-11-5-3-4-10(7-11)8-12/h2-5,7H,1,6,8-9H2. The molecule has 1 rings (SSSR count). The normalized spacial score (nSPS) is 9.92. The maximum absolute atomic E-state index is 5.70. The van der Waals surface area contributed by atoms with Gasteiger partial charge in [-0.2, -0.15) is 0 Å². The molecule has 0 bridgehead atoms. The summed E-state index contributed by atoms with van der Waals surface area (Å²) in [4.78, 5) is 0. The molecule has 0 aliphatic rings. The first-order chi connectivity index (χ1) is 6.36. The first-order valence-electron chi connectivity index (χ1n) is 4.19. The molecule has 0 amide bonds. The van der Waals surface area contributed by atoms with Gasteiger partial charge in [0.1, 0.15) is 0 Å². The van der Waals surface area contributed by atoms with Gasteiger partial charge >= 0.3 is 0 Å². The molecule has 0 spiro atoms. The minimum absolute atomic E-state index is 0.551. The molecule has 0 aliphatic carbocycles. The van der Waals surface area contributed by atoms with Crippen LogP contribution in [-0.4, -0.2) is 6.61 Å². The fourth-order valence-corrected chi connectivity index (χ4v) is 1.23. The molecule has 1 aromatic rings. The van der Waals surface area contributed by atoms with Gasteiger partial charge in [0.25, 0.3) is 0 Å². The number of rotatable bonds is 5. The van der Waals surface area contributed by atoms with Gasteiger partial charge in [-0.15, -0.1) is 18.2 Å². The predicted molar refractivity (Wildman–Crippen MR) is 55.9 cm³/mol. The number of hydrogen-bond donors (Lipinski definition) is 0. The minimum atomic E-state index is 0.551. The van der Waals surface area contributed by atoms with Crippen LogP contribution in [0.25, 0.3) is 0 Å². The van der Waals surface area contributed by atoms with Crippen LogP contribution < -0.4 is 0 Å². The molecule has 13 heavy (non-hydrogen) atoms. The Bertz CT molecular complexity index is 271. The van der Waals surface area contributed by atoms with Crippen molar-refractivity contribution < 1.29 is 4.74 Å². The molecule has 0 atom stereocenters. The summed E-state index contributed by atoms with van der Waals surface area (Å²) in [5.74, 6) is 0.551. The molecule has 0 unspecified atom stereocenters. The Balaban J connectivity index is 2.50. The highest BCUT2D eigenvalue weighted by molar-refractivity contribution is 6.17. The topological polar surface area (TPSA) is 9.23 Å². The van der Waals surface area contributed by atoms with Crippen LogP contribution in [0.15, 0.2) is 36.9 Å². The quantitative estimate of drug-likeness (QED) is 0.400. The number of hydrogen-bond acceptors (Lipinski definition) is 1. The molecule has 0 aromatic heterocycles. The second-order valence-electron chi connectivity index (χ2n) is 2.76. The summed E-state index contributed by atoms with van der Waals surface area (Å²) >= 11 is 5.70. The third-order valence-corrected chi connectivity index (χ3v) is 1.96. The van der Waals surface area contributed by atoms with Crippen LogP contribution in [0.3, 0.4) is 0 Å².